The first-order valence-corrected chi connectivity index (χ1v) is 12.6. The normalized spacial score (nSPS) is 18.0. The van der Waals surface area contributed by atoms with Crippen molar-refractivity contribution in [2.45, 2.75) is 58.5 Å². The van der Waals surface area contributed by atoms with Crippen molar-refractivity contribution in [3.63, 3.8) is 0 Å². The number of halogens is 3. The molecule has 2 unspecified atom stereocenters. The largest absolute Gasteiger partial charge is 0.490 e. The van der Waals surface area contributed by atoms with Crippen LogP contribution in [-0.2, 0) is 4.74 Å². The molecule has 1 aliphatic rings. The molecule has 0 aliphatic carbocycles. The summed E-state index contributed by atoms with van der Waals surface area (Å²) in [7, 11) is 0. The monoisotopic (exact) mass is 482 g/mol. The number of hydrogen-bond donors (Lipinski definition) is 0. The van der Waals surface area contributed by atoms with Crippen molar-refractivity contribution < 1.29 is 22.6 Å². The molecule has 2 nitrogen and oxygen atoms in total. The molecule has 0 saturated carbocycles. The molecule has 3 aromatic carbocycles. The summed E-state index contributed by atoms with van der Waals surface area (Å²) in [5, 5.41) is 0. The Balaban J connectivity index is 1.47. The van der Waals surface area contributed by atoms with Crippen LogP contribution < -0.4 is 4.74 Å². The summed E-state index contributed by atoms with van der Waals surface area (Å²) in [6.07, 6.45) is 5.67. The van der Waals surface area contributed by atoms with Crippen LogP contribution in [0, 0.1) is 23.4 Å². The molecule has 1 fully saturated rings. The van der Waals surface area contributed by atoms with E-state index in [2.05, 4.69) is 6.92 Å². The van der Waals surface area contributed by atoms with Crippen molar-refractivity contribution in [2.75, 3.05) is 13.2 Å². The van der Waals surface area contributed by atoms with Gasteiger partial charge in [0.2, 0.25) is 5.82 Å². The third kappa shape index (κ3) is 5.90. The van der Waals surface area contributed by atoms with Crippen LogP contribution in [0.25, 0.3) is 22.3 Å². The molecule has 2 atom stereocenters. The average molecular weight is 483 g/mol. The highest BCUT2D eigenvalue weighted by Crippen LogP contribution is 2.36. The quantitative estimate of drug-likeness (QED) is 0.284. The van der Waals surface area contributed by atoms with Crippen LogP contribution in [0.3, 0.4) is 0 Å². The lowest BCUT2D eigenvalue weighted by molar-refractivity contribution is -0.0211. The van der Waals surface area contributed by atoms with Gasteiger partial charge in [-0.05, 0) is 66.5 Å². The maximum absolute atomic E-state index is 15.0. The van der Waals surface area contributed by atoms with Gasteiger partial charge in [0.05, 0.1) is 19.3 Å². The molecular formula is C30H33F3O2. The predicted octanol–water partition coefficient (Wildman–Crippen LogP) is 8.88. The number of benzene rings is 3. The van der Waals surface area contributed by atoms with E-state index in [1.165, 1.54) is 18.2 Å². The Morgan fingerprint density at radius 1 is 0.829 bits per heavy atom. The van der Waals surface area contributed by atoms with Crippen molar-refractivity contribution in [1.29, 1.82) is 0 Å². The lowest BCUT2D eigenvalue weighted by Crippen LogP contribution is -2.21. The topological polar surface area (TPSA) is 18.5 Å². The fraction of sp³-hybridized carbons (Fsp3) is 0.400. The van der Waals surface area contributed by atoms with Gasteiger partial charge in [0.1, 0.15) is 5.82 Å². The van der Waals surface area contributed by atoms with E-state index >= 15 is 0 Å². The van der Waals surface area contributed by atoms with Gasteiger partial charge in [-0.1, -0.05) is 63.1 Å². The summed E-state index contributed by atoms with van der Waals surface area (Å²) < 4.78 is 55.5. The lowest BCUT2D eigenvalue weighted by atomic mass is 9.91. The molecule has 35 heavy (non-hydrogen) atoms. The Labute approximate surface area is 206 Å². The zero-order chi connectivity index (χ0) is 24.8. The maximum Gasteiger partial charge on any atom is 0.201 e. The molecule has 0 N–H and O–H groups in total. The lowest BCUT2D eigenvalue weighted by Gasteiger charge is -2.29. The van der Waals surface area contributed by atoms with E-state index in [1.54, 1.807) is 30.3 Å². The van der Waals surface area contributed by atoms with E-state index in [0.29, 0.717) is 30.3 Å². The first kappa shape index (κ1) is 25.3. The first-order chi connectivity index (χ1) is 17.0. The third-order valence-corrected chi connectivity index (χ3v) is 6.75. The number of unbranched alkanes of at least 4 members (excludes halogenated alkanes) is 1. The Morgan fingerprint density at radius 3 is 2.23 bits per heavy atom. The van der Waals surface area contributed by atoms with Crippen molar-refractivity contribution in [3.05, 3.63) is 77.6 Å². The van der Waals surface area contributed by atoms with E-state index in [9.17, 15) is 13.2 Å². The van der Waals surface area contributed by atoms with Gasteiger partial charge in [-0.2, -0.15) is 4.39 Å². The second kappa shape index (κ2) is 11.8. The Morgan fingerprint density at radius 2 is 1.57 bits per heavy atom. The summed E-state index contributed by atoms with van der Waals surface area (Å²) in [5.74, 6) is -1.70. The molecule has 0 aromatic heterocycles. The highest BCUT2D eigenvalue weighted by molar-refractivity contribution is 5.71. The summed E-state index contributed by atoms with van der Waals surface area (Å²) in [4.78, 5) is 0. The molecule has 0 bridgehead atoms. The SMILES string of the molecule is CCCCOc1ccc(-c2ccc(-c3ccc(C4CCC(CCC)CO4)c(F)c3)cc2)c(F)c1F. The van der Waals surface area contributed by atoms with Crippen LogP contribution in [0.15, 0.2) is 54.6 Å². The Kier molecular flexibility index (Phi) is 8.50. The molecule has 4 rings (SSSR count). The van der Waals surface area contributed by atoms with Gasteiger partial charge in [-0.15, -0.1) is 0 Å². The van der Waals surface area contributed by atoms with Crippen LogP contribution in [0.5, 0.6) is 5.75 Å². The maximum atomic E-state index is 15.0. The summed E-state index contributed by atoms with van der Waals surface area (Å²) in [5.41, 5.74) is 2.82. The van der Waals surface area contributed by atoms with E-state index in [4.69, 9.17) is 9.47 Å². The molecular weight excluding hydrogens is 449 g/mol. The first-order valence-electron chi connectivity index (χ1n) is 12.6. The van der Waals surface area contributed by atoms with Gasteiger partial charge in [0.25, 0.3) is 0 Å². The Hall–Kier alpha value is -2.79. The van der Waals surface area contributed by atoms with Crippen molar-refractivity contribution >= 4 is 0 Å². The molecule has 186 valence electrons. The smallest absolute Gasteiger partial charge is 0.201 e. The number of rotatable bonds is 9. The molecule has 3 aromatic rings. The van der Waals surface area contributed by atoms with Gasteiger partial charge in [0, 0.05) is 11.1 Å². The van der Waals surface area contributed by atoms with E-state index < -0.39 is 11.6 Å². The molecule has 1 saturated heterocycles. The van der Waals surface area contributed by atoms with Gasteiger partial charge in [-0.3, -0.25) is 0 Å². The van der Waals surface area contributed by atoms with Crippen LogP contribution >= 0.6 is 0 Å². The van der Waals surface area contributed by atoms with Crippen LogP contribution in [0.2, 0.25) is 0 Å². The van der Waals surface area contributed by atoms with Crippen LogP contribution in [0.4, 0.5) is 13.2 Å². The molecule has 5 heteroatoms. The van der Waals surface area contributed by atoms with E-state index in [-0.39, 0.29) is 23.2 Å². The van der Waals surface area contributed by atoms with Crippen LogP contribution in [0.1, 0.15) is 64.0 Å². The summed E-state index contributed by atoms with van der Waals surface area (Å²) in [6, 6.07) is 15.2. The molecule has 0 radical (unpaired) electrons. The van der Waals surface area contributed by atoms with Crippen molar-refractivity contribution in [2.24, 2.45) is 5.92 Å². The number of ether oxygens (including phenoxy) is 2. The molecule has 1 aliphatic heterocycles. The van der Waals surface area contributed by atoms with Gasteiger partial charge in [-0.25, -0.2) is 8.78 Å². The summed E-state index contributed by atoms with van der Waals surface area (Å²) in [6.45, 7) is 5.21. The minimum Gasteiger partial charge on any atom is -0.490 e. The predicted molar refractivity (Wildman–Crippen MR) is 134 cm³/mol. The fourth-order valence-electron chi connectivity index (χ4n) is 4.69. The highest BCUT2D eigenvalue weighted by Gasteiger charge is 2.25. The zero-order valence-corrected chi connectivity index (χ0v) is 20.5. The average Bonchev–Trinajstić information content (AvgIpc) is 2.88. The molecule has 1 heterocycles. The van der Waals surface area contributed by atoms with E-state index in [1.807, 2.05) is 13.0 Å². The van der Waals surface area contributed by atoms with Crippen molar-refractivity contribution in [1.82, 2.24) is 0 Å². The standard InChI is InChI=1S/C30H33F3O2/c1-3-5-17-34-28-16-14-24(29(32)30(28)33)22-10-8-21(9-11-22)23-12-13-25(26(31)18-23)27-15-7-20(6-4-2)19-35-27/h8-14,16,18,20,27H,3-7,15,17,19H2,1-2H3. The Bertz CT molecular complexity index is 1120. The number of hydrogen-bond acceptors (Lipinski definition) is 2. The van der Waals surface area contributed by atoms with Gasteiger partial charge >= 0.3 is 0 Å². The minimum absolute atomic E-state index is 0.0743. The molecule has 0 spiro atoms. The zero-order valence-electron chi connectivity index (χ0n) is 20.5. The second-order valence-electron chi connectivity index (χ2n) is 9.31. The van der Waals surface area contributed by atoms with Crippen LogP contribution in [-0.4, -0.2) is 13.2 Å². The van der Waals surface area contributed by atoms with Gasteiger partial charge < -0.3 is 9.47 Å². The summed E-state index contributed by atoms with van der Waals surface area (Å²) >= 11 is 0. The molecule has 0 amide bonds. The third-order valence-electron chi connectivity index (χ3n) is 6.75. The minimum atomic E-state index is -0.980. The van der Waals surface area contributed by atoms with E-state index in [0.717, 1.165) is 49.7 Å². The second-order valence-corrected chi connectivity index (χ2v) is 9.31. The van der Waals surface area contributed by atoms with Gasteiger partial charge in [0.15, 0.2) is 11.6 Å². The fourth-order valence-corrected chi connectivity index (χ4v) is 4.69. The van der Waals surface area contributed by atoms with Crippen molar-refractivity contribution in [3.8, 4) is 28.0 Å². The highest BCUT2D eigenvalue weighted by atomic mass is 19.2.